The third-order valence-electron chi connectivity index (χ3n) is 3.48. The molecule has 2 heterocycles. The fraction of sp³-hybridized carbons (Fsp3) is 0.429. The molecule has 1 aliphatic heterocycles. The van der Waals surface area contributed by atoms with Crippen molar-refractivity contribution in [3.63, 3.8) is 0 Å². The van der Waals surface area contributed by atoms with Crippen molar-refractivity contribution in [1.29, 1.82) is 0 Å². The van der Waals surface area contributed by atoms with Crippen LogP contribution in [0.25, 0.3) is 11.5 Å². The SMILES string of the molecule is Fc1cc(Cl)ccc1-c1nc(C2CCCCCN2)no1. The van der Waals surface area contributed by atoms with Crippen LogP contribution in [0.3, 0.4) is 0 Å². The van der Waals surface area contributed by atoms with Crippen LogP contribution in [0, 0.1) is 5.82 Å². The quantitative estimate of drug-likeness (QED) is 0.917. The van der Waals surface area contributed by atoms with Gasteiger partial charge in [0.05, 0.1) is 11.6 Å². The van der Waals surface area contributed by atoms with E-state index in [1.165, 1.54) is 12.5 Å². The first kappa shape index (κ1) is 13.5. The molecule has 1 aromatic heterocycles. The summed E-state index contributed by atoms with van der Waals surface area (Å²) in [7, 11) is 0. The van der Waals surface area contributed by atoms with Crippen molar-refractivity contribution in [3.8, 4) is 11.5 Å². The van der Waals surface area contributed by atoms with Crippen molar-refractivity contribution < 1.29 is 8.91 Å². The van der Waals surface area contributed by atoms with Gasteiger partial charge in [-0.25, -0.2) is 4.39 Å². The predicted molar refractivity (Wildman–Crippen MR) is 73.9 cm³/mol. The summed E-state index contributed by atoms with van der Waals surface area (Å²) in [6.45, 7) is 0.948. The molecule has 2 aromatic rings. The van der Waals surface area contributed by atoms with Gasteiger partial charge in [0.1, 0.15) is 5.82 Å². The van der Waals surface area contributed by atoms with Crippen LogP contribution in [0.2, 0.25) is 5.02 Å². The van der Waals surface area contributed by atoms with Crippen molar-refractivity contribution in [3.05, 3.63) is 34.9 Å². The van der Waals surface area contributed by atoms with Gasteiger partial charge in [-0.05, 0) is 37.6 Å². The number of benzene rings is 1. The Bertz CT molecular complexity index is 594. The van der Waals surface area contributed by atoms with Gasteiger partial charge in [0.25, 0.3) is 5.89 Å². The van der Waals surface area contributed by atoms with Crippen LogP contribution in [-0.4, -0.2) is 16.7 Å². The van der Waals surface area contributed by atoms with E-state index in [1.54, 1.807) is 12.1 Å². The molecule has 1 fully saturated rings. The van der Waals surface area contributed by atoms with Crippen LogP contribution in [0.1, 0.15) is 37.5 Å². The van der Waals surface area contributed by atoms with Gasteiger partial charge >= 0.3 is 0 Å². The number of nitrogens with one attached hydrogen (secondary N) is 1. The Hall–Kier alpha value is -1.46. The topological polar surface area (TPSA) is 51.0 Å². The van der Waals surface area contributed by atoms with E-state index >= 15 is 0 Å². The molecule has 1 saturated heterocycles. The maximum absolute atomic E-state index is 13.8. The van der Waals surface area contributed by atoms with E-state index in [0.717, 1.165) is 25.8 Å². The maximum Gasteiger partial charge on any atom is 0.260 e. The molecule has 4 nitrogen and oxygen atoms in total. The average Bonchev–Trinajstić information content (AvgIpc) is 2.74. The molecule has 0 bridgehead atoms. The second kappa shape index (κ2) is 5.89. The van der Waals surface area contributed by atoms with Gasteiger partial charge in [-0.15, -0.1) is 0 Å². The molecule has 0 saturated carbocycles. The lowest BCUT2D eigenvalue weighted by atomic mass is 10.1. The van der Waals surface area contributed by atoms with Crippen LogP contribution in [0.5, 0.6) is 0 Å². The minimum Gasteiger partial charge on any atom is -0.334 e. The molecule has 3 rings (SSSR count). The number of nitrogens with zero attached hydrogens (tertiary/aromatic N) is 2. The molecular formula is C14H15ClFN3O. The number of hydrogen-bond donors (Lipinski definition) is 1. The molecule has 1 atom stereocenters. The molecule has 1 unspecified atom stereocenters. The van der Waals surface area contributed by atoms with Crippen LogP contribution < -0.4 is 5.32 Å². The Kier molecular flexibility index (Phi) is 3.98. The Labute approximate surface area is 121 Å². The van der Waals surface area contributed by atoms with Gasteiger partial charge in [0.2, 0.25) is 0 Å². The molecule has 1 N–H and O–H groups in total. The lowest BCUT2D eigenvalue weighted by Crippen LogP contribution is -2.21. The number of halogens is 2. The van der Waals surface area contributed by atoms with E-state index in [9.17, 15) is 4.39 Å². The fourth-order valence-corrected chi connectivity index (χ4v) is 2.56. The highest BCUT2D eigenvalue weighted by atomic mass is 35.5. The van der Waals surface area contributed by atoms with Crippen molar-refractivity contribution >= 4 is 11.6 Å². The molecule has 1 aromatic carbocycles. The molecular weight excluding hydrogens is 281 g/mol. The van der Waals surface area contributed by atoms with Crippen LogP contribution >= 0.6 is 11.6 Å². The first-order chi connectivity index (χ1) is 9.74. The van der Waals surface area contributed by atoms with Crippen LogP contribution in [0.15, 0.2) is 22.7 Å². The summed E-state index contributed by atoms with van der Waals surface area (Å²) in [5, 5.41) is 7.70. The highest BCUT2D eigenvalue weighted by molar-refractivity contribution is 6.30. The van der Waals surface area contributed by atoms with Crippen molar-refractivity contribution in [2.45, 2.75) is 31.7 Å². The third-order valence-corrected chi connectivity index (χ3v) is 3.71. The van der Waals surface area contributed by atoms with E-state index in [0.29, 0.717) is 10.8 Å². The number of rotatable bonds is 2. The van der Waals surface area contributed by atoms with Crippen molar-refractivity contribution in [2.75, 3.05) is 6.54 Å². The Morgan fingerprint density at radius 2 is 2.20 bits per heavy atom. The van der Waals surface area contributed by atoms with E-state index in [4.69, 9.17) is 16.1 Å². The molecule has 0 spiro atoms. The van der Waals surface area contributed by atoms with Gasteiger partial charge < -0.3 is 9.84 Å². The smallest absolute Gasteiger partial charge is 0.260 e. The van der Waals surface area contributed by atoms with Crippen molar-refractivity contribution in [2.24, 2.45) is 0 Å². The lowest BCUT2D eigenvalue weighted by molar-refractivity contribution is 0.401. The minimum atomic E-state index is -0.457. The first-order valence-corrected chi connectivity index (χ1v) is 7.14. The average molecular weight is 296 g/mol. The van der Waals surface area contributed by atoms with Gasteiger partial charge in [0.15, 0.2) is 5.82 Å². The summed E-state index contributed by atoms with van der Waals surface area (Å²) in [4.78, 5) is 4.31. The zero-order chi connectivity index (χ0) is 13.9. The summed E-state index contributed by atoms with van der Waals surface area (Å²) in [6.07, 6.45) is 4.48. The van der Waals surface area contributed by atoms with Crippen LogP contribution in [-0.2, 0) is 0 Å². The van der Waals surface area contributed by atoms with Gasteiger partial charge in [-0.3, -0.25) is 0 Å². The monoisotopic (exact) mass is 295 g/mol. The molecule has 0 amide bonds. The van der Waals surface area contributed by atoms with Gasteiger partial charge in [0, 0.05) is 5.02 Å². The predicted octanol–water partition coefficient (Wildman–Crippen LogP) is 3.73. The maximum atomic E-state index is 13.8. The van der Waals surface area contributed by atoms with Gasteiger partial charge in [-0.1, -0.05) is 29.6 Å². The molecule has 1 aliphatic rings. The first-order valence-electron chi connectivity index (χ1n) is 6.76. The Morgan fingerprint density at radius 1 is 1.30 bits per heavy atom. The zero-order valence-corrected chi connectivity index (χ0v) is 11.7. The number of hydrogen-bond acceptors (Lipinski definition) is 4. The lowest BCUT2D eigenvalue weighted by Gasteiger charge is -2.09. The van der Waals surface area contributed by atoms with Gasteiger partial charge in [-0.2, -0.15) is 4.98 Å². The molecule has 0 aliphatic carbocycles. The molecule has 6 heteroatoms. The molecule has 0 radical (unpaired) electrons. The molecule has 20 heavy (non-hydrogen) atoms. The van der Waals surface area contributed by atoms with Crippen molar-refractivity contribution in [1.82, 2.24) is 15.5 Å². The summed E-state index contributed by atoms with van der Waals surface area (Å²) in [6, 6.07) is 4.49. The summed E-state index contributed by atoms with van der Waals surface area (Å²) < 4.78 is 19.0. The largest absolute Gasteiger partial charge is 0.334 e. The summed E-state index contributed by atoms with van der Waals surface area (Å²) in [5.41, 5.74) is 0.279. The third kappa shape index (κ3) is 2.83. The number of aromatic nitrogens is 2. The zero-order valence-electron chi connectivity index (χ0n) is 10.9. The Balaban J connectivity index is 1.85. The highest BCUT2D eigenvalue weighted by Crippen LogP contribution is 2.26. The fourth-order valence-electron chi connectivity index (χ4n) is 2.40. The summed E-state index contributed by atoms with van der Waals surface area (Å²) in [5.74, 6) is 0.331. The van der Waals surface area contributed by atoms with E-state index in [1.807, 2.05) is 0 Å². The molecule has 106 valence electrons. The summed E-state index contributed by atoms with van der Waals surface area (Å²) >= 11 is 5.73. The Morgan fingerprint density at radius 3 is 3.05 bits per heavy atom. The second-order valence-electron chi connectivity index (χ2n) is 4.94. The van der Waals surface area contributed by atoms with E-state index < -0.39 is 5.82 Å². The normalized spacial score (nSPS) is 19.8. The van der Waals surface area contributed by atoms with Crippen LogP contribution in [0.4, 0.5) is 4.39 Å². The minimum absolute atomic E-state index is 0.0883. The van der Waals surface area contributed by atoms with E-state index in [-0.39, 0.29) is 17.5 Å². The second-order valence-corrected chi connectivity index (χ2v) is 5.37. The van der Waals surface area contributed by atoms with E-state index in [2.05, 4.69) is 15.5 Å². The highest BCUT2D eigenvalue weighted by Gasteiger charge is 2.21. The standard InChI is InChI=1S/C14H15ClFN3O/c15-9-5-6-10(11(16)8-9)14-18-13(19-20-14)12-4-2-1-3-7-17-12/h5-6,8,12,17H,1-4,7H2.